The van der Waals surface area contributed by atoms with Crippen molar-refractivity contribution in [3.63, 3.8) is 0 Å². The molecule has 0 heterocycles. The first kappa shape index (κ1) is 27.4. The van der Waals surface area contributed by atoms with Crippen LogP contribution in [0.2, 0.25) is 0 Å². The van der Waals surface area contributed by atoms with E-state index in [0.29, 0.717) is 6.42 Å². The average Bonchev–Trinajstić information content (AvgIpc) is 2.64. The number of aliphatic hydroxyl groups is 1. The normalized spacial score (nSPS) is 10.1. The fourth-order valence-corrected chi connectivity index (χ4v) is 2.87. The predicted molar refractivity (Wildman–Crippen MR) is 113 cm³/mol. The zero-order chi connectivity index (χ0) is 19.7. The summed E-state index contributed by atoms with van der Waals surface area (Å²) in [5, 5.41) is 8.54. The van der Waals surface area contributed by atoms with Gasteiger partial charge in [-0.1, -0.05) is 103 Å². The summed E-state index contributed by atoms with van der Waals surface area (Å²) >= 11 is 0. The van der Waals surface area contributed by atoms with Crippen LogP contribution in [0.1, 0.15) is 117 Å². The Bertz CT molecular complexity index is 277. The number of allylic oxidation sites excluding steroid dienone is 1. The van der Waals surface area contributed by atoms with Crippen LogP contribution >= 0.6 is 0 Å². The minimum atomic E-state index is -0.172. The van der Waals surface area contributed by atoms with Crippen molar-refractivity contribution in [1.82, 2.24) is 0 Å². The van der Waals surface area contributed by atoms with Gasteiger partial charge in [0.2, 0.25) is 0 Å². The van der Waals surface area contributed by atoms with E-state index in [4.69, 9.17) is 9.84 Å². The number of aliphatic hydroxyl groups excluding tert-OH is 1. The molecule has 0 aliphatic carbocycles. The number of hydrogen-bond donors (Lipinski definition) is 1. The molecule has 0 spiro atoms. The Morgan fingerprint density at radius 1 is 0.808 bits per heavy atom. The van der Waals surface area contributed by atoms with Crippen LogP contribution in [-0.4, -0.2) is 24.3 Å². The summed E-state index contributed by atoms with van der Waals surface area (Å²) in [5.74, 6) is -0.172. The van der Waals surface area contributed by atoms with E-state index in [2.05, 4.69) is 13.5 Å². The van der Waals surface area contributed by atoms with Crippen LogP contribution in [0.15, 0.2) is 12.7 Å². The van der Waals surface area contributed by atoms with E-state index in [9.17, 15) is 4.79 Å². The molecule has 0 amide bonds. The molecule has 0 fully saturated rings. The first-order chi connectivity index (χ1) is 12.7. The van der Waals surface area contributed by atoms with Gasteiger partial charge in [0.05, 0.1) is 6.61 Å². The van der Waals surface area contributed by atoms with Gasteiger partial charge in [-0.15, -0.1) is 6.58 Å². The molecule has 0 radical (unpaired) electrons. The Morgan fingerprint density at radius 3 is 1.50 bits per heavy atom. The molecule has 0 saturated carbocycles. The van der Waals surface area contributed by atoms with Crippen molar-refractivity contribution in [3.05, 3.63) is 12.7 Å². The van der Waals surface area contributed by atoms with E-state index in [1.165, 1.54) is 83.5 Å². The van der Waals surface area contributed by atoms with Gasteiger partial charge in [-0.25, -0.2) is 0 Å². The molecule has 0 aromatic carbocycles. The predicted octanol–water partition coefficient (Wildman–Crippen LogP) is 6.98. The van der Waals surface area contributed by atoms with Crippen LogP contribution in [0.25, 0.3) is 0 Å². The number of hydrogen-bond acceptors (Lipinski definition) is 3. The highest BCUT2D eigenvalue weighted by molar-refractivity contribution is 5.69. The molecule has 156 valence electrons. The molecule has 26 heavy (non-hydrogen) atoms. The summed E-state index contributed by atoms with van der Waals surface area (Å²) in [4.78, 5) is 11.2. The third-order valence-electron chi connectivity index (χ3n) is 4.34. The van der Waals surface area contributed by atoms with Crippen molar-refractivity contribution >= 4 is 5.97 Å². The van der Waals surface area contributed by atoms with E-state index in [-0.39, 0.29) is 19.2 Å². The maximum absolute atomic E-state index is 11.2. The van der Waals surface area contributed by atoms with E-state index in [1.54, 1.807) is 6.08 Å². The van der Waals surface area contributed by atoms with Gasteiger partial charge in [0.15, 0.2) is 0 Å². The van der Waals surface area contributed by atoms with Gasteiger partial charge in [-0.2, -0.15) is 0 Å². The van der Waals surface area contributed by atoms with Crippen molar-refractivity contribution in [1.29, 1.82) is 0 Å². The van der Waals surface area contributed by atoms with Crippen LogP contribution in [0.5, 0.6) is 0 Å². The lowest BCUT2D eigenvalue weighted by atomic mass is 10.0. The van der Waals surface area contributed by atoms with E-state index >= 15 is 0 Å². The maximum atomic E-state index is 11.2. The van der Waals surface area contributed by atoms with Gasteiger partial charge < -0.3 is 9.84 Å². The van der Waals surface area contributed by atoms with E-state index in [1.807, 2.05) is 6.92 Å². The monoisotopic (exact) mass is 370 g/mol. The zero-order valence-corrected chi connectivity index (χ0v) is 17.8. The summed E-state index contributed by atoms with van der Waals surface area (Å²) in [6.07, 6.45) is 22.2. The minimum Gasteiger partial charge on any atom is -0.463 e. The third kappa shape index (κ3) is 28.0. The molecule has 0 saturated heterocycles. The van der Waals surface area contributed by atoms with Crippen molar-refractivity contribution < 1.29 is 14.6 Å². The fourth-order valence-electron chi connectivity index (χ4n) is 2.87. The average molecular weight is 371 g/mol. The smallest absolute Gasteiger partial charge is 0.305 e. The number of unbranched alkanes of at least 4 members (excludes halogenated alkanes) is 14. The minimum absolute atomic E-state index is 0.0788. The largest absolute Gasteiger partial charge is 0.463 e. The summed E-state index contributed by atoms with van der Waals surface area (Å²) < 4.78 is 4.82. The summed E-state index contributed by atoms with van der Waals surface area (Å²) in [6.45, 7) is 7.58. The molecule has 0 aromatic heterocycles. The molecule has 1 N–H and O–H groups in total. The van der Waals surface area contributed by atoms with Crippen molar-refractivity contribution in [2.75, 3.05) is 13.2 Å². The second-order valence-electron chi connectivity index (χ2n) is 7.05. The number of esters is 1. The Morgan fingerprint density at radius 2 is 1.15 bits per heavy atom. The SMILES string of the molecule is C=CC.CCCCCCCCCCCCCCCCCC(=O)OCCO. The number of rotatable bonds is 18. The fraction of sp³-hybridized carbons (Fsp3) is 0.870. The highest BCUT2D eigenvalue weighted by atomic mass is 16.5. The molecule has 0 rings (SSSR count). The zero-order valence-electron chi connectivity index (χ0n) is 17.8. The van der Waals surface area contributed by atoms with Gasteiger partial charge >= 0.3 is 5.97 Å². The first-order valence-corrected chi connectivity index (χ1v) is 11.1. The van der Waals surface area contributed by atoms with E-state index < -0.39 is 0 Å². The van der Waals surface area contributed by atoms with Crippen LogP contribution < -0.4 is 0 Å². The molecule has 0 aliphatic rings. The molecule has 3 nitrogen and oxygen atoms in total. The first-order valence-electron chi connectivity index (χ1n) is 11.1. The van der Waals surface area contributed by atoms with Crippen LogP contribution in [-0.2, 0) is 9.53 Å². The Kier molecular flexibility index (Phi) is 27.8. The lowest BCUT2D eigenvalue weighted by molar-refractivity contribution is -0.144. The summed E-state index contributed by atoms with van der Waals surface area (Å²) in [7, 11) is 0. The van der Waals surface area contributed by atoms with Gasteiger partial charge in [-0.3, -0.25) is 4.79 Å². The maximum Gasteiger partial charge on any atom is 0.305 e. The number of carbonyl (C=O) groups excluding carboxylic acids is 1. The topological polar surface area (TPSA) is 46.5 Å². The molecule has 0 aromatic rings. The highest BCUT2D eigenvalue weighted by Gasteiger charge is 2.01. The van der Waals surface area contributed by atoms with Gasteiger partial charge in [0.25, 0.3) is 0 Å². The molecule has 0 bridgehead atoms. The number of ether oxygens (including phenoxy) is 1. The van der Waals surface area contributed by atoms with Crippen LogP contribution in [0.4, 0.5) is 0 Å². The molecule has 3 heteroatoms. The number of carbonyl (C=O) groups is 1. The quantitative estimate of drug-likeness (QED) is 0.161. The van der Waals surface area contributed by atoms with Crippen LogP contribution in [0, 0.1) is 0 Å². The van der Waals surface area contributed by atoms with Gasteiger partial charge in [0.1, 0.15) is 6.61 Å². The Balaban J connectivity index is 0. The molecule has 0 unspecified atom stereocenters. The Hall–Kier alpha value is -0.830. The second kappa shape index (κ2) is 26.4. The highest BCUT2D eigenvalue weighted by Crippen LogP contribution is 2.13. The molecule has 0 atom stereocenters. The molecule has 0 aliphatic heterocycles. The molecular weight excluding hydrogens is 324 g/mol. The summed E-state index contributed by atoms with van der Waals surface area (Å²) in [5.41, 5.74) is 0. The standard InChI is InChI=1S/C20H40O3.C3H6/c1-2-3-4-5-6-7-8-9-10-11-12-13-14-15-16-17-20(22)23-19-18-21;1-3-2/h21H,2-19H2,1H3;3H,1H2,2H3. The van der Waals surface area contributed by atoms with Gasteiger partial charge in [-0.05, 0) is 13.3 Å². The molecular formula is C23H46O3. The lowest BCUT2D eigenvalue weighted by Gasteiger charge is -2.04. The van der Waals surface area contributed by atoms with Crippen molar-refractivity contribution in [2.45, 2.75) is 117 Å². The van der Waals surface area contributed by atoms with Crippen molar-refractivity contribution in [3.8, 4) is 0 Å². The Labute approximate surface area is 163 Å². The van der Waals surface area contributed by atoms with E-state index in [0.717, 1.165) is 12.8 Å². The third-order valence-corrected chi connectivity index (χ3v) is 4.34. The van der Waals surface area contributed by atoms with Gasteiger partial charge in [0, 0.05) is 6.42 Å². The second-order valence-corrected chi connectivity index (χ2v) is 7.05. The lowest BCUT2D eigenvalue weighted by Crippen LogP contribution is -2.07. The van der Waals surface area contributed by atoms with Crippen LogP contribution in [0.3, 0.4) is 0 Å². The summed E-state index contributed by atoms with van der Waals surface area (Å²) in [6, 6.07) is 0. The van der Waals surface area contributed by atoms with Crippen molar-refractivity contribution in [2.24, 2.45) is 0 Å².